The molecule has 0 unspecified atom stereocenters. The Morgan fingerprint density at radius 1 is 1.08 bits per heavy atom. The minimum Gasteiger partial charge on any atom is -0.391 e. The van der Waals surface area contributed by atoms with Crippen LogP contribution in [0.4, 0.5) is 0 Å². The quantitative estimate of drug-likeness (QED) is 0.589. The van der Waals surface area contributed by atoms with Crippen LogP contribution in [0.3, 0.4) is 0 Å². The standard InChI is InChI=1S/C18H22N2O3S/c1-3-13-19-24(21,22)18-11-9-17(10-12-18)15(2)20-23-14-16-7-5-4-6-8-16/h4-12,19H,3,13-14H2,1-2H3/b20-15+. The summed E-state index contributed by atoms with van der Waals surface area (Å²) in [5, 5.41) is 4.08. The maximum Gasteiger partial charge on any atom is 0.240 e. The van der Waals surface area contributed by atoms with Crippen molar-refractivity contribution >= 4 is 15.7 Å². The van der Waals surface area contributed by atoms with Crippen molar-refractivity contribution in [3.63, 3.8) is 0 Å². The maximum absolute atomic E-state index is 12.0. The molecular weight excluding hydrogens is 324 g/mol. The van der Waals surface area contributed by atoms with E-state index in [1.807, 2.05) is 44.2 Å². The lowest BCUT2D eigenvalue weighted by atomic mass is 10.1. The van der Waals surface area contributed by atoms with Gasteiger partial charge >= 0.3 is 0 Å². The van der Waals surface area contributed by atoms with Crippen molar-refractivity contribution in [3.05, 3.63) is 65.7 Å². The number of oxime groups is 1. The lowest BCUT2D eigenvalue weighted by molar-refractivity contribution is 0.130. The Balaban J connectivity index is 2.00. The summed E-state index contributed by atoms with van der Waals surface area (Å²) in [6.45, 7) is 4.56. The maximum atomic E-state index is 12.0. The fraction of sp³-hybridized carbons (Fsp3) is 0.278. The van der Waals surface area contributed by atoms with E-state index in [0.29, 0.717) is 18.9 Å². The first-order valence-corrected chi connectivity index (χ1v) is 9.32. The van der Waals surface area contributed by atoms with Gasteiger partial charge in [-0.1, -0.05) is 54.5 Å². The zero-order valence-corrected chi connectivity index (χ0v) is 14.7. The van der Waals surface area contributed by atoms with E-state index in [2.05, 4.69) is 9.88 Å². The molecule has 2 rings (SSSR count). The Labute approximate surface area is 143 Å². The molecule has 128 valence electrons. The van der Waals surface area contributed by atoms with E-state index >= 15 is 0 Å². The minimum absolute atomic E-state index is 0.248. The monoisotopic (exact) mass is 346 g/mol. The van der Waals surface area contributed by atoms with Crippen LogP contribution in [0.15, 0.2) is 64.6 Å². The first-order chi connectivity index (χ1) is 11.5. The highest BCUT2D eigenvalue weighted by Gasteiger charge is 2.12. The number of hydrogen-bond acceptors (Lipinski definition) is 4. The molecule has 0 saturated heterocycles. The Bertz CT molecular complexity index is 770. The van der Waals surface area contributed by atoms with Crippen LogP contribution in [0.25, 0.3) is 0 Å². The first kappa shape index (κ1) is 18.2. The van der Waals surface area contributed by atoms with E-state index in [1.165, 1.54) is 0 Å². The molecule has 5 nitrogen and oxygen atoms in total. The van der Waals surface area contributed by atoms with E-state index in [0.717, 1.165) is 17.5 Å². The number of benzene rings is 2. The lowest BCUT2D eigenvalue weighted by Crippen LogP contribution is -2.24. The van der Waals surface area contributed by atoms with Crippen molar-refractivity contribution in [3.8, 4) is 0 Å². The third kappa shape index (κ3) is 5.18. The van der Waals surface area contributed by atoms with Gasteiger partial charge < -0.3 is 4.84 Å². The lowest BCUT2D eigenvalue weighted by Gasteiger charge is -2.07. The second kappa shape index (κ2) is 8.61. The molecule has 2 aromatic carbocycles. The van der Waals surface area contributed by atoms with E-state index in [4.69, 9.17) is 4.84 Å². The summed E-state index contributed by atoms with van der Waals surface area (Å²) in [5.41, 5.74) is 2.55. The summed E-state index contributed by atoms with van der Waals surface area (Å²) in [7, 11) is -3.44. The van der Waals surface area contributed by atoms with Crippen molar-refractivity contribution in [2.45, 2.75) is 31.8 Å². The topological polar surface area (TPSA) is 67.8 Å². The smallest absolute Gasteiger partial charge is 0.240 e. The van der Waals surface area contributed by atoms with Gasteiger partial charge in [0.2, 0.25) is 10.0 Å². The van der Waals surface area contributed by atoms with Crippen molar-refractivity contribution in [2.24, 2.45) is 5.16 Å². The molecule has 0 atom stereocenters. The van der Waals surface area contributed by atoms with Crippen molar-refractivity contribution in [2.75, 3.05) is 6.54 Å². The summed E-state index contributed by atoms with van der Waals surface area (Å²) < 4.78 is 26.6. The average molecular weight is 346 g/mol. The number of nitrogens with zero attached hydrogens (tertiary/aromatic N) is 1. The molecule has 0 aromatic heterocycles. The second-order valence-corrected chi connectivity index (χ2v) is 7.12. The van der Waals surface area contributed by atoms with Gasteiger partial charge in [0, 0.05) is 6.54 Å². The number of hydrogen-bond donors (Lipinski definition) is 1. The third-order valence-electron chi connectivity index (χ3n) is 3.40. The molecule has 0 amide bonds. The largest absolute Gasteiger partial charge is 0.391 e. The van der Waals surface area contributed by atoms with Crippen LogP contribution < -0.4 is 4.72 Å². The Morgan fingerprint density at radius 2 is 1.75 bits per heavy atom. The van der Waals surface area contributed by atoms with E-state index < -0.39 is 10.0 Å². The molecule has 0 aliphatic rings. The van der Waals surface area contributed by atoms with Gasteiger partial charge in [0.15, 0.2) is 0 Å². The highest BCUT2D eigenvalue weighted by molar-refractivity contribution is 7.89. The van der Waals surface area contributed by atoms with Gasteiger partial charge in [-0.2, -0.15) is 0 Å². The highest BCUT2D eigenvalue weighted by Crippen LogP contribution is 2.12. The van der Waals surface area contributed by atoms with Crippen LogP contribution >= 0.6 is 0 Å². The van der Waals surface area contributed by atoms with Crippen LogP contribution in [0.5, 0.6) is 0 Å². The fourth-order valence-corrected chi connectivity index (χ4v) is 3.16. The van der Waals surface area contributed by atoms with Gasteiger partial charge in [0.1, 0.15) is 6.61 Å². The zero-order chi connectivity index (χ0) is 17.4. The Morgan fingerprint density at radius 3 is 2.38 bits per heavy atom. The summed E-state index contributed by atoms with van der Waals surface area (Å²) in [6.07, 6.45) is 0.752. The van der Waals surface area contributed by atoms with Crippen molar-refractivity contribution in [1.82, 2.24) is 4.72 Å². The molecule has 0 heterocycles. The van der Waals surface area contributed by atoms with Gasteiger partial charge in [-0.05, 0) is 36.6 Å². The molecule has 24 heavy (non-hydrogen) atoms. The van der Waals surface area contributed by atoms with Crippen LogP contribution in [-0.2, 0) is 21.5 Å². The van der Waals surface area contributed by atoms with Crippen molar-refractivity contribution in [1.29, 1.82) is 0 Å². The fourth-order valence-electron chi connectivity index (χ4n) is 2.03. The molecule has 0 aliphatic carbocycles. The summed E-state index contributed by atoms with van der Waals surface area (Å²) in [5.74, 6) is 0. The first-order valence-electron chi connectivity index (χ1n) is 7.83. The number of sulfonamides is 1. The van der Waals surface area contributed by atoms with Crippen molar-refractivity contribution < 1.29 is 13.3 Å². The molecule has 0 bridgehead atoms. The SMILES string of the molecule is CCCNS(=O)(=O)c1ccc(/C(C)=N/OCc2ccccc2)cc1. The third-order valence-corrected chi connectivity index (χ3v) is 4.88. The van der Waals surface area contributed by atoms with Gasteiger partial charge in [-0.25, -0.2) is 13.1 Å². The average Bonchev–Trinajstić information content (AvgIpc) is 2.61. The normalized spacial score (nSPS) is 12.2. The Kier molecular flexibility index (Phi) is 6.52. The van der Waals surface area contributed by atoms with E-state index in [1.54, 1.807) is 24.3 Å². The molecular formula is C18H22N2O3S. The minimum atomic E-state index is -3.44. The van der Waals surface area contributed by atoms with Gasteiger partial charge in [-0.15, -0.1) is 0 Å². The molecule has 0 aliphatic heterocycles. The number of nitrogens with one attached hydrogen (secondary N) is 1. The van der Waals surface area contributed by atoms with E-state index in [-0.39, 0.29) is 4.90 Å². The van der Waals surface area contributed by atoms with E-state index in [9.17, 15) is 8.42 Å². The molecule has 2 aromatic rings. The van der Waals surface area contributed by atoms with Gasteiger partial charge in [-0.3, -0.25) is 0 Å². The van der Waals surface area contributed by atoms with Gasteiger partial charge in [0.05, 0.1) is 10.6 Å². The number of rotatable bonds is 8. The summed E-state index contributed by atoms with van der Waals surface area (Å²) in [4.78, 5) is 5.59. The molecule has 0 saturated carbocycles. The van der Waals surface area contributed by atoms with Crippen LogP contribution in [0.2, 0.25) is 0 Å². The van der Waals surface area contributed by atoms with Crippen LogP contribution in [0, 0.1) is 0 Å². The Hall–Kier alpha value is -2.18. The van der Waals surface area contributed by atoms with Crippen LogP contribution in [-0.4, -0.2) is 20.7 Å². The summed E-state index contributed by atoms with van der Waals surface area (Å²) in [6, 6.07) is 16.4. The molecule has 6 heteroatoms. The zero-order valence-electron chi connectivity index (χ0n) is 13.9. The highest BCUT2D eigenvalue weighted by atomic mass is 32.2. The predicted octanol–water partition coefficient (Wildman–Crippen LogP) is 3.32. The molecule has 1 N–H and O–H groups in total. The summed E-state index contributed by atoms with van der Waals surface area (Å²) >= 11 is 0. The second-order valence-electron chi connectivity index (χ2n) is 5.36. The van der Waals surface area contributed by atoms with Gasteiger partial charge in [0.25, 0.3) is 0 Å². The molecule has 0 spiro atoms. The molecule has 0 fully saturated rings. The predicted molar refractivity (Wildman–Crippen MR) is 95.4 cm³/mol. The van der Waals surface area contributed by atoms with Crippen LogP contribution in [0.1, 0.15) is 31.4 Å². The molecule has 0 radical (unpaired) electrons.